The van der Waals surface area contributed by atoms with Crippen LogP contribution in [-0.2, 0) is 14.3 Å². The van der Waals surface area contributed by atoms with Gasteiger partial charge in [-0.2, -0.15) is 0 Å². The van der Waals surface area contributed by atoms with Gasteiger partial charge in [0.2, 0.25) is 5.91 Å². The van der Waals surface area contributed by atoms with Crippen LogP contribution in [0.1, 0.15) is 49.7 Å². The number of nitrogens with one attached hydrogen (secondary N) is 2. The molecule has 4 rings (SSSR count). The zero-order valence-electron chi connectivity index (χ0n) is 18.8. The third-order valence-corrected chi connectivity index (χ3v) is 6.77. The van der Waals surface area contributed by atoms with Gasteiger partial charge in [-0.1, -0.05) is 55.0 Å². The summed E-state index contributed by atoms with van der Waals surface area (Å²) in [7, 11) is 0. The predicted molar refractivity (Wildman–Crippen MR) is 124 cm³/mol. The first-order valence-corrected chi connectivity index (χ1v) is 11.6. The van der Waals surface area contributed by atoms with Crippen molar-refractivity contribution in [3.8, 4) is 11.1 Å². The van der Waals surface area contributed by atoms with Gasteiger partial charge in [0.1, 0.15) is 12.6 Å². The normalized spacial score (nSPS) is 20.3. The number of benzene rings is 2. The summed E-state index contributed by atoms with van der Waals surface area (Å²) in [5.41, 5.74) is 4.57. The maximum atomic E-state index is 12.4. The molecule has 1 saturated carbocycles. The first kappa shape index (κ1) is 22.8. The standard InChI is InChI=1S/C26H30N2O5/c1-16(24(29)27-14-17-7-6-8-18(13-17)25(30)31)28-26(32)33-15-23-21-11-4-2-9-19(21)20-10-3-5-12-22(20)23/h2-5,9-12,16-18,23H,6-8,13-15H2,1H3,(H,27,29)(H,28,32)(H,30,31)/t16-,17?,18?/m0/s1. The summed E-state index contributed by atoms with van der Waals surface area (Å²) < 4.78 is 5.50. The van der Waals surface area contributed by atoms with Crippen LogP contribution in [0.5, 0.6) is 0 Å². The highest BCUT2D eigenvalue weighted by atomic mass is 16.5. The van der Waals surface area contributed by atoms with Crippen LogP contribution < -0.4 is 10.6 Å². The summed E-state index contributed by atoms with van der Waals surface area (Å²) in [6.45, 7) is 2.21. The SMILES string of the molecule is C[C@H](NC(=O)OCC1c2ccccc2-c2ccccc21)C(=O)NCC1CCCC(C(=O)O)C1. The number of carbonyl (C=O) groups is 3. The quantitative estimate of drug-likeness (QED) is 0.593. The van der Waals surface area contributed by atoms with Gasteiger partial charge in [-0.3, -0.25) is 9.59 Å². The molecule has 33 heavy (non-hydrogen) atoms. The van der Waals surface area contributed by atoms with Crippen molar-refractivity contribution in [1.29, 1.82) is 0 Å². The van der Waals surface area contributed by atoms with Gasteiger partial charge in [-0.15, -0.1) is 0 Å². The molecule has 3 N–H and O–H groups in total. The smallest absolute Gasteiger partial charge is 0.407 e. The Labute approximate surface area is 193 Å². The molecule has 0 radical (unpaired) electrons. The van der Waals surface area contributed by atoms with Gasteiger partial charge in [0, 0.05) is 12.5 Å². The van der Waals surface area contributed by atoms with E-state index in [-0.39, 0.29) is 30.3 Å². The van der Waals surface area contributed by atoms with Crippen molar-refractivity contribution in [3.63, 3.8) is 0 Å². The van der Waals surface area contributed by atoms with E-state index in [9.17, 15) is 19.5 Å². The lowest BCUT2D eigenvalue weighted by Crippen LogP contribution is -2.46. The van der Waals surface area contributed by atoms with Gasteiger partial charge in [-0.25, -0.2) is 4.79 Å². The lowest BCUT2D eigenvalue weighted by Gasteiger charge is -2.27. The molecule has 3 atom stereocenters. The Bertz CT molecular complexity index is 991. The maximum absolute atomic E-state index is 12.4. The lowest BCUT2D eigenvalue weighted by molar-refractivity contribution is -0.143. The highest BCUT2D eigenvalue weighted by Crippen LogP contribution is 2.44. The molecule has 2 aliphatic carbocycles. The molecule has 2 aliphatic rings. The first-order valence-electron chi connectivity index (χ1n) is 11.6. The molecule has 0 aromatic heterocycles. The predicted octanol–water partition coefficient (Wildman–Crippen LogP) is 3.92. The zero-order valence-corrected chi connectivity index (χ0v) is 18.8. The molecule has 0 saturated heterocycles. The van der Waals surface area contributed by atoms with E-state index in [4.69, 9.17) is 4.74 Å². The number of amides is 2. The van der Waals surface area contributed by atoms with Gasteiger partial charge in [0.25, 0.3) is 0 Å². The molecule has 0 heterocycles. The number of carbonyl (C=O) groups excluding carboxylic acids is 2. The van der Waals surface area contributed by atoms with Crippen molar-refractivity contribution in [2.75, 3.05) is 13.2 Å². The van der Waals surface area contributed by atoms with E-state index in [1.165, 1.54) is 0 Å². The van der Waals surface area contributed by atoms with Gasteiger partial charge >= 0.3 is 12.1 Å². The van der Waals surface area contributed by atoms with Crippen LogP contribution in [0.25, 0.3) is 11.1 Å². The van der Waals surface area contributed by atoms with Crippen LogP contribution in [0.2, 0.25) is 0 Å². The minimum absolute atomic E-state index is 0.0410. The molecular weight excluding hydrogens is 420 g/mol. The molecular formula is C26H30N2O5. The second-order valence-electron chi connectivity index (χ2n) is 9.00. The lowest BCUT2D eigenvalue weighted by atomic mass is 9.81. The largest absolute Gasteiger partial charge is 0.481 e. The van der Waals surface area contributed by atoms with Crippen molar-refractivity contribution in [2.24, 2.45) is 11.8 Å². The van der Waals surface area contributed by atoms with Gasteiger partial charge in [-0.05, 0) is 54.4 Å². The third-order valence-electron chi connectivity index (χ3n) is 6.77. The molecule has 7 heteroatoms. The van der Waals surface area contributed by atoms with Gasteiger partial charge in [0.05, 0.1) is 5.92 Å². The van der Waals surface area contributed by atoms with Crippen LogP contribution in [0.3, 0.4) is 0 Å². The van der Waals surface area contributed by atoms with Crippen molar-refractivity contribution in [3.05, 3.63) is 59.7 Å². The summed E-state index contributed by atoms with van der Waals surface area (Å²) >= 11 is 0. The Balaban J connectivity index is 1.26. The highest BCUT2D eigenvalue weighted by Gasteiger charge is 2.30. The Hall–Kier alpha value is -3.35. The van der Waals surface area contributed by atoms with Crippen molar-refractivity contribution >= 4 is 18.0 Å². The summed E-state index contributed by atoms with van der Waals surface area (Å²) in [4.78, 5) is 36.0. The number of hydrogen-bond acceptors (Lipinski definition) is 4. The highest BCUT2D eigenvalue weighted by molar-refractivity contribution is 5.85. The molecule has 0 bridgehead atoms. The van der Waals surface area contributed by atoms with Crippen LogP contribution >= 0.6 is 0 Å². The third kappa shape index (κ3) is 5.18. The van der Waals surface area contributed by atoms with Crippen LogP contribution in [0.4, 0.5) is 4.79 Å². The van der Waals surface area contributed by atoms with E-state index < -0.39 is 18.1 Å². The summed E-state index contributed by atoms with van der Waals surface area (Å²) in [5, 5.41) is 14.6. The Kier molecular flexibility index (Phi) is 6.96. The number of carboxylic acids is 1. The number of alkyl carbamates (subject to hydrolysis) is 1. The van der Waals surface area contributed by atoms with Crippen LogP contribution in [-0.4, -0.2) is 42.3 Å². The Morgan fingerprint density at radius 1 is 1.03 bits per heavy atom. The summed E-state index contributed by atoms with van der Waals surface area (Å²) in [5.74, 6) is -1.31. The van der Waals surface area contributed by atoms with Crippen molar-refractivity contribution < 1.29 is 24.2 Å². The van der Waals surface area contributed by atoms with Crippen molar-refractivity contribution in [1.82, 2.24) is 10.6 Å². The fraction of sp³-hybridized carbons (Fsp3) is 0.423. The van der Waals surface area contributed by atoms with Crippen LogP contribution in [0.15, 0.2) is 48.5 Å². The minimum atomic E-state index is -0.767. The maximum Gasteiger partial charge on any atom is 0.407 e. The van der Waals surface area contributed by atoms with E-state index in [1.807, 2.05) is 24.3 Å². The topological polar surface area (TPSA) is 105 Å². The molecule has 2 aromatic rings. The van der Waals surface area contributed by atoms with E-state index in [1.54, 1.807) is 6.92 Å². The monoisotopic (exact) mass is 450 g/mol. The number of fused-ring (bicyclic) bond motifs is 3. The number of hydrogen-bond donors (Lipinski definition) is 3. The molecule has 2 unspecified atom stereocenters. The van der Waals surface area contributed by atoms with Gasteiger partial charge in [0.15, 0.2) is 0 Å². The molecule has 2 aromatic carbocycles. The molecule has 1 fully saturated rings. The summed E-state index contributed by atoms with van der Waals surface area (Å²) in [6, 6.07) is 15.5. The average Bonchev–Trinajstić information content (AvgIpc) is 3.15. The van der Waals surface area contributed by atoms with E-state index in [0.717, 1.165) is 35.1 Å². The van der Waals surface area contributed by atoms with E-state index in [0.29, 0.717) is 19.4 Å². The number of aliphatic carboxylic acids is 1. The van der Waals surface area contributed by atoms with Crippen molar-refractivity contribution in [2.45, 2.75) is 44.6 Å². The second kappa shape index (κ2) is 10.1. The minimum Gasteiger partial charge on any atom is -0.481 e. The molecule has 0 aliphatic heterocycles. The van der Waals surface area contributed by atoms with Gasteiger partial charge < -0.3 is 20.5 Å². The summed E-state index contributed by atoms with van der Waals surface area (Å²) in [6.07, 6.45) is 2.38. The first-order chi connectivity index (χ1) is 15.9. The average molecular weight is 451 g/mol. The number of ether oxygens (including phenoxy) is 1. The Morgan fingerprint density at radius 3 is 2.30 bits per heavy atom. The molecule has 7 nitrogen and oxygen atoms in total. The fourth-order valence-corrected chi connectivity index (χ4v) is 4.98. The zero-order chi connectivity index (χ0) is 23.4. The Morgan fingerprint density at radius 2 is 1.67 bits per heavy atom. The van der Waals surface area contributed by atoms with Crippen LogP contribution in [0, 0.1) is 11.8 Å². The second-order valence-corrected chi connectivity index (χ2v) is 9.00. The number of rotatable bonds is 7. The number of carboxylic acid groups (broad SMARTS) is 1. The molecule has 0 spiro atoms. The molecule has 2 amide bonds. The van der Waals surface area contributed by atoms with E-state index in [2.05, 4.69) is 34.9 Å². The molecule has 174 valence electrons. The fourth-order valence-electron chi connectivity index (χ4n) is 4.98. The van der Waals surface area contributed by atoms with E-state index >= 15 is 0 Å².